The molecule has 4 unspecified atom stereocenters. The van der Waals surface area contributed by atoms with Crippen LogP contribution in [0.5, 0.6) is 17.2 Å². The summed E-state index contributed by atoms with van der Waals surface area (Å²) >= 11 is 22.7. The minimum Gasteiger partial charge on any atom is -0.489 e. The van der Waals surface area contributed by atoms with Gasteiger partial charge in [0.2, 0.25) is 5.91 Å². The molecule has 0 saturated heterocycles. The van der Waals surface area contributed by atoms with Crippen molar-refractivity contribution in [2.75, 3.05) is 48.8 Å². The molecule has 4 aromatic carbocycles. The number of nitrogens with zero attached hydrogens (tertiary/aromatic N) is 3. The number of aliphatic carboxylic acids is 1. The number of methoxy groups -OCH3 is 1. The minimum absolute atomic E-state index is 0.0223. The van der Waals surface area contributed by atoms with Crippen molar-refractivity contribution in [3.05, 3.63) is 116 Å². The summed E-state index contributed by atoms with van der Waals surface area (Å²) < 4.78 is 64.2. The Kier molecular flexibility index (Phi) is 24.4. The third-order valence-corrected chi connectivity index (χ3v) is 11.7. The molecular weight excluding hydrogens is 1030 g/mol. The fourth-order valence-corrected chi connectivity index (χ4v) is 7.68. The number of halogens is 7. The summed E-state index contributed by atoms with van der Waals surface area (Å²) in [5.41, 5.74) is 6.78. The number of carbonyl (C=O) groups is 4. The van der Waals surface area contributed by atoms with Crippen molar-refractivity contribution >= 4 is 94.6 Å². The molecule has 0 fully saturated rings. The van der Waals surface area contributed by atoms with Crippen LogP contribution in [-0.4, -0.2) is 106 Å². The molecule has 384 valence electrons. The van der Waals surface area contributed by atoms with Gasteiger partial charge in [0.05, 0.1) is 45.6 Å². The molecule has 2 amide bonds. The van der Waals surface area contributed by atoms with Crippen molar-refractivity contribution in [3.8, 4) is 17.2 Å². The lowest BCUT2D eigenvalue weighted by Crippen LogP contribution is -2.47. The first-order chi connectivity index (χ1) is 32.6. The van der Waals surface area contributed by atoms with E-state index in [2.05, 4.69) is 13.0 Å². The Bertz CT molecular complexity index is 2500. The van der Waals surface area contributed by atoms with Gasteiger partial charge in [0.25, 0.3) is 11.6 Å². The molecule has 5 N–H and O–H groups in total. The summed E-state index contributed by atoms with van der Waals surface area (Å²) in [6, 6.07) is 17.6. The lowest BCUT2D eigenvalue weighted by Gasteiger charge is -2.35. The third kappa shape index (κ3) is 18.5. The Morgan fingerprint density at radius 1 is 1.06 bits per heavy atom. The SMILES string of the molecule is CC1COc2ccccc2N1C(=O)C(Cl)Cl.CCc1cccc(C)c1N(C(=O)CCl)C(C)COC.CP(=O)(O)CCC(N)C(=O)O.O=C(O)c1cc(Oc2ccc(C(F)(F)F)cc2Cl)ccc1[N+](=O)[O-]. The van der Waals surface area contributed by atoms with Crippen LogP contribution in [0.25, 0.3) is 0 Å². The number of carboxylic acid groups (broad SMARTS) is 2. The molecule has 0 bridgehead atoms. The summed E-state index contributed by atoms with van der Waals surface area (Å²) in [4.78, 5) is 66.2. The van der Waals surface area contributed by atoms with Crippen molar-refractivity contribution in [1.29, 1.82) is 0 Å². The number of carboxylic acids is 2. The normalized spacial score (nSPS) is 14.5. The number of aromatic carboxylic acids is 1. The molecule has 0 spiro atoms. The highest BCUT2D eigenvalue weighted by Crippen LogP contribution is 2.38. The predicted molar refractivity (Wildman–Crippen MR) is 262 cm³/mol. The fraction of sp³-hybridized carbons (Fsp3) is 0.378. The average Bonchev–Trinajstić information content (AvgIpc) is 3.29. The van der Waals surface area contributed by atoms with Gasteiger partial charge in [-0.25, -0.2) is 4.79 Å². The summed E-state index contributed by atoms with van der Waals surface area (Å²) in [7, 11) is -1.47. The Balaban J connectivity index is 0.000000331. The molecule has 0 radical (unpaired) electrons. The van der Waals surface area contributed by atoms with E-state index >= 15 is 0 Å². The molecule has 17 nitrogen and oxygen atoms in total. The maximum absolute atomic E-state index is 12.6. The van der Waals surface area contributed by atoms with E-state index < -0.39 is 58.1 Å². The van der Waals surface area contributed by atoms with Gasteiger partial charge in [0, 0.05) is 32.1 Å². The number of alkyl halides is 6. The van der Waals surface area contributed by atoms with Gasteiger partial charge in [-0.2, -0.15) is 13.2 Å². The van der Waals surface area contributed by atoms with E-state index in [9.17, 15) is 47.0 Å². The monoisotopic (exact) mass is 1080 g/mol. The van der Waals surface area contributed by atoms with Gasteiger partial charge < -0.3 is 44.9 Å². The van der Waals surface area contributed by atoms with E-state index in [1.807, 2.05) is 57.2 Å². The molecular formula is C45H52Cl4F3N4O13P. The Hall–Kier alpha value is -5.18. The van der Waals surface area contributed by atoms with Crippen LogP contribution in [0.4, 0.5) is 30.2 Å². The molecule has 1 aliphatic rings. The van der Waals surface area contributed by atoms with Crippen molar-refractivity contribution in [3.63, 3.8) is 0 Å². The van der Waals surface area contributed by atoms with E-state index in [-0.39, 0.29) is 58.9 Å². The molecule has 4 aromatic rings. The van der Waals surface area contributed by atoms with Crippen molar-refractivity contribution in [1.82, 2.24) is 0 Å². The number of amides is 2. The van der Waals surface area contributed by atoms with Crippen LogP contribution in [0.15, 0.2) is 78.9 Å². The highest BCUT2D eigenvalue weighted by molar-refractivity contribution is 7.57. The molecule has 0 saturated carbocycles. The van der Waals surface area contributed by atoms with E-state index in [1.165, 1.54) is 6.66 Å². The number of fused-ring (bicyclic) bond motifs is 1. The van der Waals surface area contributed by atoms with Gasteiger partial charge in [0.15, 0.2) is 12.2 Å². The largest absolute Gasteiger partial charge is 0.489 e. The highest BCUT2D eigenvalue weighted by Gasteiger charge is 2.33. The van der Waals surface area contributed by atoms with E-state index in [0.29, 0.717) is 25.0 Å². The zero-order valence-electron chi connectivity index (χ0n) is 38.5. The maximum Gasteiger partial charge on any atom is 0.416 e. The second kappa shape index (κ2) is 28.0. The van der Waals surface area contributed by atoms with E-state index in [1.54, 1.807) is 16.9 Å². The molecule has 0 aromatic heterocycles. The average molecular weight is 1090 g/mol. The quantitative estimate of drug-likeness (QED) is 0.0374. The number of hydrogen-bond donors (Lipinski definition) is 4. The Labute approximate surface area is 421 Å². The number of carbonyl (C=O) groups excluding carboxylic acids is 2. The second-order valence-electron chi connectivity index (χ2n) is 15.3. The molecule has 70 heavy (non-hydrogen) atoms. The van der Waals surface area contributed by atoms with Crippen LogP contribution in [0.1, 0.15) is 54.2 Å². The lowest BCUT2D eigenvalue weighted by molar-refractivity contribution is -0.385. The number of rotatable bonds is 15. The standard InChI is InChI=1S/C15H22ClNO2.C14H7ClF3NO5.C11H11Cl2NO2.C5H12NO4P/c1-5-13-8-6-7-11(2)15(13)17(14(18)9-16)12(3)10-19-4;15-10-5-7(14(16,17)18)1-4-12(10)24-8-2-3-11(19(22)23)9(6-8)13(20)21;1-7-6-16-9-5-3-2-4-8(9)14(7)11(15)10(12)13;1-11(9,10)3-2-4(6)5(7)8/h6-8,12H,5,9-10H2,1-4H3;1-6H,(H,20,21);2-5,7,10H,6H2,1H3;4H,2-3,6H2,1H3,(H,7,8)(H,9,10). The molecule has 0 aliphatic carbocycles. The number of para-hydroxylation sites is 3. The van der Waals surface area contributed by atoms with Gasteiger partial charge in [-0.05, 0) is 81.1 Å². The summed E-state index contributed by atoms with van der Waals surface area (Å²) in [5, 5.41) is 27.7. The van der Waals surface area contributed by atoms with Crippen molar-refractivity contribution in [2.24, 2.45) is 5.73 Å². The van der Waals surface area contributed by atoms with Crippen molar-refractivity contribution in [2.45, 2.75) is 69.7 Å². The topological polar surface area (TPSA) is 249 Å². The van der Waals surface area contributed by atoms with Crippen LogP contribution in [0.2, 0.25) is 5.02 Å². The molecule has 1 heterocycles. The van der Waals surface area contributed by atoms with Gasteiger partial charge in [-0.1, -0.05) is 72.1 Å². The number of anilines is 2. The van der Waals surface area contributed by atoms with Gasteiger partial charge in [0.1, 0.15) is 41.3 Å². The lowest BCUT2D eigenvalue weighted by atomic mass is 10.0. The van der Waals surface area contributed by atoms with Crippen LogP contribution in [-0.2, 0) is 36.3 Å². The predicted octanol–water partition coefficient (Wildman–Crippen LogP) is 10.2. The highest BCUT2D eigenvalue weighted by atomic mass is 35.5. The number of nitro benzene ring substituents is 1. The van der Waals surface area contributed by atoms with E-state index in [0.717, 1.165) is 59.3 Å². The Morgan fingerprint density at radius 2 is 1.70 bits per heavy atom. The molecule has 1 aliphatic heterocycles. The molecule has 4 atom stereocenters. The molecule has 5 rings (SSSR count). The van der Waals surface area contributed by atoms with Crippen molar-refractivity contribution < 1.29 is 71.2 Å². The fourth-order valence-electron chi connectivity index (χ4n) is 6.36. The first-order valence-electron chi connectivity index (χ1n) is 20.7. The van der Waals surface area contributed by atoms with Crippen LogP contribution >= 0.6 is 53.8 Å². The van der Waals surface area contributed by atoms with Gasteiger partial charge >= 0.3 is 18.1 Å². The number of nitrogens with two attached hydrogens (primary N) is 1. The Morgan fingerprint density at radius 3 is 2.21 bits per heavy atom. The van der Waals surface area contributed by atoms with Crippen LogP contribution < -0.4 is 25.0 Å². The van der Waals surface area contributed by atoms with Gasteiger partial charge in [-0.3, -0.25) is 29.1 Å². The third-order valence-electron chi connectivity index (χ3n) is 9.70. The number of aryl methyl sites for hydroxylation is 2. The molecule has 25 heteroatoms. The van der Waals surface area contributed by atoms with Gasteiger partial charge in [-0.15, -0.1) is 11.6 Å². The van der Waals surface area contributed by atoms with E-state index in [4.69, 9.17) is 81.5 Å². The van der Waals surface area contributed by atoms with Crippen LogP contribution in [0.3, 0.4) is 0 Å². The summed E-state index contributed by atoms with van der Waals surface area (Å²) in [6.45, 7) is 10.1. The summed E-state index contributed by atoms with van der Waals surface area (Å²) in [5.74, 6) is -2.71. The summed E-state index contributed by atoms with van der Waals surface area (Å²) in [6.07, 6.45) is -3.70. The minimum atomic E-state index is -4.58. The maximum atomic E-state index is 12.6. The second-order valence-corrected chi connectivity index (χ2v) is 19.6. The first-order valence-corrected chi connectivity index (χ1v) is 24.8. The smallest absolute Gasteiger partial charge is 0.416 e. The number of nitro groups is 1. The number of benzene rings is 4. The number of hydrogen-bond acceptors (Lipinski definition) is 11. The first kappa shape index (κ1) is 60.9. The van der Waals surface area contributed by atoms with Crippen LogP contribution in [0, 0.1) is 17.0 Å². The number of ether oxygens (including phenoxy) is 3. The zero-order valence-corrected chi connectivity index (χ0v) is 42.4. The zero-order chi connectivity index (χ0) is 53.3.